The standard InChI is InChI=1S/C21H21BrN4O3S/c1-3-9-30-21-24-20-17(25-26-21)13-7-5-6-8-15(13)23-19(29-20)14-10-12(22)11-16(18(14)27)28-4-2/h5-8,10-11,19,23,27H,3-4,9H2,1-2H3. The average molecular weight is 489 g/mol. The molecule has 0 saturated carbocycles. The van der Waals surface area contributed by atoms with E-state index in [9.17, 15) is 5.11 Å². The number of para-hydroxylation sites is 1. The number of fused-ring (bicyclic) bond motifs is 3. The van der Waals surface area contributed by atoms with E-state index in [1.54, 1.807) is 12.1 Å². The van der Waals surface area contributed by atoms with Crippen LogP contribution in [0.25, 0.3) is 11.3 Å². The summed E-state index contributed by atoms with van der Waals surface area (Å²) in [4.78, 5) is 4.60. The lowest BCUT2D eigenvalue weighted by molar-refractivity contribution is 0.218. The molecule has 3 aromatic rings. The average Bonchev–Trinajstić information content (AvgIpc) is 2.91. The van der Waals surface area contributed by atoms with E-state index in [0.29, 0.717) is 34.7 Å². The number of hydrogen-bond donors (Lipinski definition) is 2. The van der Waals surface area contributed by atoms with Gasteiger partial charge in [-0.1, -0.05) is 52.8 Å². The second-order valence-electron chi connectivity index (χ2n) is 6.56. The van der Waals surface area contributed by atoms with Crippen molar-refractivity contribution in [2.75, 3.05) is 17.7 Å². The Labute approximate surface area is 187 Å². The van der Waals surface area contributed by atoms with E-state index in [1.807, 2.05) is 31.2 Å². The molecule has 1 aliphatic rings. The third kappa shape index (κ3) is 4.17. The predicted octanol–water partition coefficient (Wildman–Crippen LogP) is 5.41. The number of aromatic nitrogens is 3. The maximum absolute atomic E-state index is 10.8. The molecule has 0 amide bonds. The largest absolute Gasteiger partial charge is 0.504 e. The van der Waals surface area contributed by atoms with E-state index in [4.69, 9.17) is 9.47 Å². The first kappa shape index (κ1) is 20.7. The lowest BCUT2D eigenvalue weighted by Crippen LogP contribution is -2.17. The second-order valence-corrected chi connectivity index (χ2v) is 8.54. The Kier molecular flexibility index (Phi) is 6.29. The van der Waals surface area contributed by atoms with Crippen molar-refractivity contribution in [1.29, 1.82) is 0 Å². The molecule has 1 unspecified atom stereocenters. The van der Waals surface area contributed by atoms with Crippen molar-refractivity contribution in [2.24, 2.45) is 0 Å². The molecule has 2 N–H and O–H groups in total. The molecule has 1 atom stereocenters. The van der Waals surface area contributed by atoms with Crippen LogP contribution < -0.4 is 14.8 Å². The number of phenolic OH excluding ortho intramolecular Hbond substituents is 1. The van der Waals surface area contributed by atoms with E-state index in [-0.39, 0.29) is 5.75 Å². The number of rotatable bonds is 6. The summed E-state index contributed by atoms with van der Waals surface area (Å²) in [5.41, 5.74) is 2.73. The van der Waals surface area contributed by atoms with E-state index < -0.39 is 6.23 Å². The Morgan fingerprint density at radius 3 is 2.87 bits per heavy atom. The van der Waals surface area contributed by atoms with Crippen LogP contribution >= 0.6 is 27.7 Å². The highest BCUT2D eigenvalue weighted by Crippen LogP contribution is 2.43. The zero-order valence-corrected chi connectivity index (χ0v) is 19.0. The first-order valence-corrected chi connectivity index (χ1v) is 11.4. The summed E-state index contributed by atoms with van der Waals surface area (Å²) in [6.45, 7) is 4.40. The Morgan fingerprint density at radius 2 is 2.07 bits per heavy atom. The number of aromatic hydroxyl groups is 1. The number of thioether (sulfide) groups is 1. The molecule has 7 nitrogen and oxygen atoms in total. The van der Waals surface area contributed by atoms with Gasteiger partial charge in [0.25, 0.3) is 0 Å². The molecular weight excluding hydrogens is 468 g/mol. The topological polar surface area (TPSA) is 89.4 Å². The number of hydrogen-bond acceptors (Lipinski definition) is 8. The minimum absolute atomic E-state index is 0.0149. The van der Waals surface area contributed by atoms with E-state index in [0.717, 1.165) is 27.9 Å². The zero-order valence-electron chi connectivity index (χ0n) is 16.6. The summed E-state index contributed by atoms with van der Waals surface area (Å²) in [5, 5.41) is 23.4. The number of nitrogens with one attached hydrogen (secondary N) is 1. The summed E-state index contributed by atoms with van der Waals surface area (Å²) < 4.78 is 12.6. The number of benzene rings is 2. The lowest BCUT2D eigenvalue weighted by atomic mass is 10.1. The molecule has 1 aromatic heterocycles. The summed E-state index contributed by atoms with van der Waals surface area (Å²) in [6, 6.07) is 11.2. The van der Waals surface area contributed by atoms with Crippen LogP contribution in [-0.2, 0) is 0 Å². The predicted molar refractivity (Wildman–Crippen MR) is 120 cm³/mol. The van der Waals surface area contributed by atoms with Crippen LogP contribution in [0.3, 0.4) is 0 Å². The van der Waals surface area contributed by atoms with Crippen molar-refractivity contribution in [3.8, 4) is 28.6 Å². The Hall–Kier alpha value is -2.52. The minimum Gasteiger partial charge on any atom is -0.504 e. The molecule has 2 heterocycles. The van der Waals surface area contributed by atoms with Crippen LogP contribution in [0.2, 0.25) is 0 Å². The first-order valence-electron chi connectivity index (χ1n) is 9.66. The molecule has 9 heteroatoms. The van der Waals surface area contributed by atoms with Gasteiger partial charge in [-0.25, -0.2) is 0 Å². The molecule has 30 heavy (non-hydrogen) atoms. The molecule has 0 bridgehead atoms. The number of nitrogens with zero attached hydrogens (tertiary/aromatic N) is 3. The first-order chi connectivity index (χ1) is 14.6. The van der Waals surface area contributed by atoms with Gasteiger partial charge in [-0.05, 0) is 31.5 Å². The van der Waals surface area contributed by atoms with Crippen molar-refractivity contribution < 1.29 is 14.6 Å². The van der Waals surface area contributed by atoms with Gasteiger partial charge >= 0.3 is 0 Å². The van der Waals surface area contributed by atoms with Gasteiger partial charge in [0.2, 0.25) is 17.3 Å². The quantitative estimate of drug-likeness (QED) is 0.445. The van der Waals surface area contributed by atoms with Crippen molar-refractivity contribution >= 4 is 33.4 Å². The van der Waals surface area contributed by atoms with Crippen LogP contribution in [0.5, 0.6) is 17.4 Å². The molecule has 1 aliphatic heterocycles. The van der Waals surface area contributed by atoms with Crippen molar-refractivity contribution in [3.05, 3.63) is 46.4 Å². The van der Waals surface area contributed by atoms with E-state index in [1.165, 1.54) is 11.8 Å². The maximum Gasteiger partial charge on any atom is 0.247 e. The monoisotopic (exact) mass is 488 g/mol. The second kappa shape index (κ2) is 9.09. The molecule has 0 spiro atoms. The van der Waals surface area contributed by atoms with Crippen molar-refractivity contribution in [3.63, 3.8) is 0 Å². The summed E-state index contributed by atoms with van der Waals surface area (Å²) >= 11 is 5.02. The van der Waals surface area contributed by atoms with Gasteiger partial charge in [0.1, 0.15) is 0 Å². The molecule has 0 radical (unpaired) electrons. The van der Waals surface area contributed by atoms with Crippen LogP contribution in [-0.4, -0.2) is 32.6 Å². The van der Waals surface area contributed by atoms with Gasteiger partial charge in [-0.15, -0.1) is 10.2 Å². The number of anilines is 1. The van der Waals surface area contributed by atoms with Crippen molar-refractivity contribution in [2.45, 2.75) is 31.7 Å². The third-order valence-corrected chi connectivity index (χ3v) is 5.92. The van der Waals surface area contributed by atoms with Crippen molar-refractivity contribution in [1.82, 2.24) is 15.2 Å². The summed E-state index contributed by atoms with van der Waals surface area (Å²) in [5.74, 6) is 1.65. The highest BCUT2D eigenvalue weighted by molar-refractivity contribution is 9.10. The molecule has 0 saturated heterocycles. The summed E-state index contributed by atoms with van der Waals surface area (Å²) in [7, 11) is 0. The van der Waals surface area contributed by atoms with Gasteiger partial charge in [-0.2, -0.15) is 4.98 Å². The molecular formula is C21H21BrN4O3S. The van der Waals surface area contributed by atoms with Crippen LogP contribution in [0.4, 0.5) is 5.69 Å². The van der Waals surface area contributed by atoms with E-state index >= 15 is 0 Å². The maximum atomic E-state index is 10.8. The number of ether oxygens (including phenoxy) is 2. The molecule has 0 aliphatic carbocycles. The van der Waals surface area contributed by atoms with Crippen LogP contribution in [0.1, 0.15) is 32.1 Å². The van der Waals surface area contributed by atoms with E-state index in [2.05, 4.69) is 43.4 Å². The lowest BCUT2D eigenvalue weighted by Gasteiger charge is -2.21. The van der Waals surface area contributed by atoms with Gasteiger partial charge < -0.3 is 19.9 Å². The molecule has 2 aromatic carbocycles. The van der Waals surface area contributed by atoms with Gasteiger partial charge in [0.15, 0.2) is 17.2 Å². The number of halogens is 1. The smallest absolute Gasteiger partial charge is 0.247 e. The molecule has 156 valence electrons. The Morgan fingerprint density at radius 1 is 1.23 bits per heavy atom. The third-order valence-electron chi connectivity index (χ3n) is 4.42. The minimum atomic E-state index is -0.704. The fourth-order valence-corrected chi connectivity index (χ4v) is 4.19. The highest BCUT2D eigenvalue weighted by Gasteiger charge is 2.29. The molecule has 0 fully saturated rings. The SMILES string of the molecule is CCCSc1nnc2c(n1)OC(c1cc(Br)cc(OCC)c1O)Nc1ccccc1-2. The zero-order chi connectivity index (χ0) is 21.1. The van der Waals surface area contributed by atoms with Gasteiger partial charge in [-0.3, -0.25) is 0 Å². The van der Waals surface area contributed by atoms with Crippen LogP contribution in [0, 0.1) is 0 Å². The molecule has 4 rings (SSSR count). The van der Waals surface area contributed by atoms with Gasteiger partial charge in [0, 0.05) is 21.5 Å². The highest BCUT2D eigenvalue weighted by atomic mass is 79.9. The number of phenols is 1. The summed E-state index contributed by atoms with van der Waals surface area (Å²) in [6.07, 6.45) is 0.301. The fourth-order valence-electron chi connectivity index (χ4n) is 3.10. The van der Waals surface area contributed by atoms with Gasteiger partial charge in [0.05, 0.1) is 12.2 Å². The normalized spacial score (nSPS) is 14.7. The Bertz CT molecular complexity index is 1070. The Balaban J connectivity index is 1.82. The van der Waals surface area contributed by atoms with Crippen LogP contribution in [0.15, 0.2) is 46.0 Å². The fraction of sp³-hybridized carbons (Fsp3) is 0.286.